The van der Waals surface area contributed by atoms with E-state index in [0.29, 0.717) is 18.2 Å². The Morgan fingerprint density at radius 2 is 2.27 bits per heavy atom. The Bertz CT molecular complexity index is 174. The zero-order chi connectivity index (χ0) is 10.5. The Morgan fingerprint density at radius 1 is 1.40 bits per heavy atom. The number of hydrogen-bond donors (Lipinski definition) is 1. The van der Waals surface area contributed by atoms with E-state index in [1.807, 2.05) is 0 Å². The maximum absolute atomic E-state index is 5.59. The quantitative estimate of drug-likeness (QED) is 0.681. The minimum absolute atomic E-state index is 0.515. The maximum atomic E-state index is 5.59. The van der Waals surface area contributed by atoms with Crippen molar-refractivity contribution >= 4 is 0 Å². The highest BCUT2D eigenvalue weighted by Gasteiger charge is 2.28. The zero-order valence-corrected chi connectivity index (χ0v) is 9.71. The smallest absolute Gasteiger partial charge is 0.0601 e. The Kier molecular flexibility index (Phi) is 4.42. The van der Waals surface area contributed by atoms with E-state index in [0.717, 1.165) is 13.2 Å². The van der Waals surface area contributed by atoms with Crippen molar-refractivity contribution in [2.75, 3.05) is 20.3 Å². The van der Waals surface area contributed by atoms with Crippen LogP contribution in [0.1, 0.15) is 38.5 Å². The monoisotopic (exact) mass is 213 g/mol. The first kappa shape index (κ1) is 11.4. The first-order valence-corrected chi connectivity index (χ1v) is 6.26. The van der Waals surface area contributed by atoms with Gasteiger partial charge in [-0.3, -0.25) is 0 Å². The summed E-state index contributed by atoms with van der Waals surface area (Å²) in [6.45, 7) is 2.12. The normalized spacial score (nSPS) is 35.4. The van der Waals surface area contributed by atoms with Crippen molar-refractivity contribution in [3.8, 4) is 0 Å². The minimum Gasteiger partial charge on any atom is -0.381 e. The van der Waals surface area contributed by atoms with Gasteiger partial charge in [-0.15, -0.1) is 0 Å². The molecule has 1 atom stereocenters. The second kappa shape index (κ2) is 5.83. The molecule has 0 aromatic heterocycles. The van der Waals surface area contributed by atoms with E-state index in [-0.39, 0.29) is 0 Å². The van der Waals surface area contributed by atoms with E-state index in [2.05, 4.69) is 5.32 Å². The van der Waals surface area contributed by atoms with Crippen LogP contribution in [-0.2, 0) is 9.47 Å². The summed E-state index contributed by atoms with van der Waals surface area (Å²) >= 11 is 0. The Hall–Kier alpha value is -0.120. The van der Waals surface area contributed by atoms with E-state index >= 15 is 0 Å². The molecule has 1 unspecified atom stereocenters. The highest BCUT2D eigenvalue weighted by Crippen LogP contribution is 2.22. The zero-order valence-electron chi connectivity index (χ0n) is 9.71. The Balaban J connectivity index is 1.42. The molecule has 1 N–H and O–H groups in total. The van der Waals surface area contributed by atoms with E-state index in [1.165, 1.54) is 38.5 Å². The van der Waals surface area contributed by atoms with E-state index in [4.69, 9.17) is 9.47 Å². The van der Waals surface area contributed by atoms with Crippen LogP contribution in [0.15, 0.2) is 0 Å². The van der Waals surface area contributed by atoms with Crippen molar-refractivity contribution in [3.05, 3.63) is 0 Å². The van der Waals surface area contributed by atoms with Gasteiger partial charge < -0.3 is 14.8 Å². The van der Waals surface area contributed by atoms with Gasteiger partial charge in [0.25, 0.3) is 0 Å². The van der Waals surface area contributed by atoms with Gasteiger partial charge >= 0.3 is 0 Å². The molecule has 1 heterocycles. The number of rotatable bonds is 6. The lowest BCUT2D eigenvalue weighted by molar-refractivity contribution is 0.0171. The van der Waals surface area contributed by atoms with Gasteiger partial charge in [-0.1, -0.05) is 0 Å². The van der Waals surface area contributed by atoms with E-state index < -0.39 is 0 Å². The Labute approximate surface area is 92.5 Å². The summed E-state index contributed by atoms with van der Waals surface area (Å²) in [5.41, 5.74) is 0. The average molecular weight is 213 g/mol. The van der Waals surface area contributed by atoms with Crippen LogP contribution in [0.4, 0.5) is 0 Å². The van der Waals surface area contributed by atoms with Gasteiger partial charge in [-0.05, 0) is 45.1 Å². The van der Waals surface area contributed by atoms with Crippen molar-refractivity contribution in [2.45, 2.75) is 56.8 Å². The molecular formula is C12H23NO2. The standard InChI is InChI=1S/C12H23NO2/c1-14-12-8-10(9-12)13-6-2-4-11-5-3-7-15-11/h10-13H,2-9H2,1H3. The molecule has 15 heavy (non-hydrogen) atoms. The molecule has 1 saturated heterocycles. The summed E-state index contributed by atoms with van der Waals surface area (Å²) in [6.07, 6.45) is 8.46. The summed E-state index contributed by atoms with van der Waals surface area (Å²) in [7, 11) is 1.80. The molecule has 2 rings (SSSR count). The summed E-state index contributed by atoms with van der Waals surface area (Å²) in [6, 6.07) is 0.708. The lowest BCUT2D eigenvalue weighted by Gasteiger charge is -2.34. The van der Waals surface area contributed by atoms with Crippen LogP contribution in [0.2, 0.25) is 0 Å². The molecule has 3 nitrogen and oxygen atoms in total. The highest BCUT2D eigenvalue weighted by molar-refractivity contribution is 4.85. The largest absolute Gasteiger partial charge is 0.381 e. The third-order valence-corrected chi connectivity index (χ3v) is 3.59. The number of hydrogen-bond acceptors (Lipinski definition) is 3. The Morgan fingerprint density at radius 3 is 2.93 bits per heavy atom. The molecule has 0 aromatic carbocycles. The van der Waals surface area contributed by atoms with Gasteiger partial charge in [0.05, 0.1) is 12.2 Å². The van der Waals surface area contributed by atoms with Crippen LogP contribution in [0.25, 0.3) is 0 Å². The van der Waals surface area contributed by atoms with Crippen molar-refractivity contribution in [1.82, 2.24) is 5.32 Å². The lowest BCUT2D eigenvalue weighted by Crippen LogP contribution is -2.45. The van der Waals surface area contributed by atoms with Crippen molar-refractivity contribution in [1.29, 1.82) is 0 Å². The molecular weight excluding hydrogens is 190 g/mol. The second-order valence-electron chi connectivity index (χ2n) is 4.76. The average Bonchev–Trinajstić information content (AvgIpc) is 2.67. The van der Waals surface area contributed by atoms with Gasteiger partial charge in [-0.25, -0.2) is 0 Å². The van der Waals surface area contributed by atoms with Gasteiger partial charge in [0.1, 0.15) is 0 Å². The van der Waals surface area contributed by atoms with Gasteiger partial charge in [0, 0.05) is 19.8 Å². The van der Waals surface area contributed by atoms with Crippen LogP contribution >= 0.6 is 0 Å². The molecule has 0 amide bonds. The SMILES string of the molecule is COC1CC(NCCCC2CCCO2)C1. The predicted molar refractivity (Wildman–Crippen MR) is 60.0 cm³/mol. The predicted octanol–water partition coefficient (Wildman–Crippen LogP) is 1.71. The molecule has 0 radical (unpaired) electrons. The fraction of sp³-hybridized carbons (Fsp3) is 1.00. The number of nitrogens with one attached hydrogen (secondary N) is 1. The minimum atomic E-state index is 0.515. The third-order valence-electron chi connectivity index (χ3n) is 3.59. The molecule has 1 saturated carbocycles. The van der Waals surface area contributed by atoms with Crippen molar-refractivity contribution < 1.29 is 9.47 Å². The van der Waals surface area contributed by atoms with Gasteiger partial charge in [0.15, 0.2) is 0 Å². The summed E-state index contributed by atoms with van der Waals surface area (Å²) < 4.78 is 10.8. The molecule has 2 fully saturated rings. The molecule has 0 bridgehead atoms. The highest BCUT2D eigenvalue weighted by atomic mass is 16.5. The van der Waals surface area contributed by atoms with Crippen LogP contribution in [-0.4, -0.2) is 38.5 Å². The molecule has 1 aliphatic heterocycles. The fourth-order valence-corrected chi connectivity index (χ4v) is 2.43. The first-order valence-electron chi connectivity index (χ1n) is 6.26. The summed E-state index contributed by atoms with van der Waals surface area (Å²) in [5, 5.41) is 3.57. The molecule has 2 aliphatic rings. The second-order valence-corrected chi connectivity index (χ2v) is 4.76. The van der Waals surface area contributed by atoms with Crippen LogP contribution in [0, 0.1) is 0 Å². The van der Waals surface area contributed by atoms with E-state index in [1.54, 1.807) is 7.11 Å². The first-order chi connectivity index (χ1) is 7.38. The third kappa shape index (κ3) is 3.44. The van der Waals surface area contributed by atoms with Crippen LogP contribution in [0.5, 0.6) is 0 Å². The lowest BCUT2D eigenvalue weighted by atomic mass is 9.89. The van der Waals surface area contributed by atoms with Crippen LogP contribution in [0.3, 0.4) is 0 Å². The summed E-state index contributed by atoms with van der Waals surface area (Å²) in [5.74, 6) is 0. The topological polar surface area (TPSA) is 30.5 Å². The fourth-order valence-electron chi connectivity index (χ4n) is 2.43. The van der Waals surface area contributed by atoms with Crippen LogP contribution < -0.4 is 5.32 Å². The number of ether oxygens (including phenoxy) is 2. The molecule has 0 aromatic rings. The van der Waals surface area contributed by atoms with Gasteiger partial charge in [0.2, 0.25) is 0 Å². The molecule has 88 valence electrons. The van der Waals surface area contributed by atoms with Gasteiger partial charge in [-0.2, -0.15) is 0 Å². The van der Waals surface area contributed by atoms with Crippen molar-refractivity contribution in [3.63, 3.8) is 0 Å². The van der Waals surface area contributed by atoms with Crippen molar-refractivity contribution in [2.24, 2.45) is 0 Å². The molecule has 0 spiro atoms. The molecule has 3 heteroatoms. The van der Waals surface area contributed by atoms with E-state index in [9.17, 15) is 0 Å². The number of methoxy groups -OCH3 is 1. The molecule has 1 aliphatic carbocycles. The maximum Gasteiger partial charge on any atom is 0.0601 e. The summed E-state index contributed by atoms with van der Waals surface area (Å²) in [4.78, 5) is 0.